The lowest BCUT2D eigenvalue weighted by molar-refractivity contribution is 1.18. The smallest absolute Gasteiger partial charge is 0.211 e. The molecule has 0 aliphatic heterocycles. The molecule has 0 radical (unpaired) electrons. The van der Waals surface area contributed by atoms with Gasteiger partial charge in [0.2, 0.25) is 5.69 Å². The van der Waals surface area contributed by atoms with Crippen molar-refractivity contribution in [3.05, 3.63) is 193 Å². The fourth-order valence-corrected chi connectivity index (χ4v) is 7.81. The normalized spacial score (nSPS) is 11.4. The summed E-state index contributed by atoms with van der Waals surface area (Å²) in [7, 11) is 0. The third-order valence-electron chi connectivity index (χ3n) is 10.1. The quantitative estimate of drug-likeness (QED) is 0.169. The second kappa shape index (κ2) is 12.0. The Kier molecular flexibility index (Phi) is 6.84. The van der Waals surface area contributed by atoms with Crippen molar-refractivity contribution in [2.45, 2.75) is 0 Å². The number of rotatable bonds is 5. The first-order valence-corrected chi connectivity index (χ1v) is 17.4. The molecular weight excluding hydrogens is 633 g/mol. The van der Waals surface area contributed by atoms with Crippen LogP contribution in [0.15, 0.2) is 182 Å². The first-order chi connectivity index (χ1) is 25.8. The van der Waals surface area contributed by atoms with Gasteiger partial charge in [-0.05, 0) is 65.7 Å². The number of nitrogens with zero attached hydrogens (tertiary/aromatic N) is 4. The number of para-hydroxylation sites is 3. The molecule has 4 nitrogen and oxygen atoms in total. The molecule has 0 saturated heterocycles. The molecule has 0 saturated carbocycles. The zero-order chi connectivity index (χ0) is 34.6. The Labute approximate surface area is 300 Å². The van der Waals surface area contributed by atoms with E-state index in [1.165, 1.54) is 10.8 Å². The standard InChI is InChI=1S/C48H30N4/c1-49-42-29-34(35-30-40(32-15-5-2-6-16-32)50-41(31-35)33-17-7-3-8-18-33)25-27-45(42)52-43-23-13-11-21-37(43)38-26-28-46-47(48(38)52)39-22-12-14-24-44(39)51(46)36-19-9-4-10-20-36/h2-31H. The van der Waals surface area contributed by atoms with E-state index in [9.17, 15) is 0 Å². The predicted molar refractivity (Wildman–Crippen MR) is 215 cm³/mol. The Hall–Kier alpha value is -7.22. The highest BCUT2D eigenvalue weighted by Crippen LogP contribution is 2.44. The fraction of sp³-hybridized carbons (Fsp3) is 0. The Morgan fingerprint density at radius 2 is 1.00 bits per heavy atom. The van der Waals surface area contributed by atoms with Crippen molar-refractivity contribution < 1.29 is 0 Å². The summed E-state index contributed by atoms with van der Waals surface area (Å²) in [6.07, 6.45) is 0. The molecule has 0 amide bonds. The van der Waals surface area contributed by atoms with Gasteiger partial charge >= 0.3 is 0 Å². The summed E-state index contributed by atoms with van der Waals surface area (Å²) >= 11 is 0. The SMILES string of the molecule is [C-]#[N+]c1cc(-c2cc(-c3ccccc3)nc(-c3ccccc3)c2)ccc1-n1c2ccccc2c2ccc3c(c4ccccc4n3-c3ccccc3)c21. The molecule has 10 rings (SSSR count). The lowest BCUT2D eigenvalue weighted by Crippen LogP contribution is -1.96. The van der Waals surface area contributed by atoms with Crippen LogP contribution in [0.4, 0.5) is 5.69 Å². The minimum Gasteiger partial charge on any atom is -0.318 e. The van der Waals surface area contributed by atoms with Gasteiger partial charge in [-0.1, -0.05) is 127 Å². The van der Waals surface area contributed by atoms with E-state index in [4.69, 9.17) is 11.6 Å². The lowest BCUT2D eigenvalue weighted by Gasteiger charge is -2.14. The summed E-state index contributed by atoms with van der Waals surface area (Å²) < 4.78 is 4.66. The summed E-state index contributed by atoms with van der Waals surface area (Å²) in [5, 5.41) is 4.66. The van der Waals surface area contributed by atoms with Crippen molar-refractivity contribution in [3.8, 4) is 45.0 Å². The number of pyridine rings is 1. The van der Waals surface area contributed by atoms with Crippen molar-refractivity contribution in [3.63, 3.8) is 0 Å². The molecule has 3 aromatic heterocycles. The maximum Gasteiger partial charge on any atom is 0.211 e. The molecule has 0 aliphatic rings. The summed E-state index contributed by atoms with van der Waals surface area (Å²) in [5.74, 6) is 0. The van der Waals surface area contributed by atoms with Crippen molar-refractivity contribution in [1.29, 1.82) is 0 Å². The van der Waals surface area contributed by atoms with Crippen LogP contribution in [-0.4, -0.2) is 14.1 Å². The van der Waals surface area contributed by atoms with Gasteiger partial charge in [0.05, 0.1) is 45.7 Å². The van der Waals surface area contributed by atoms with E-state index in [0.717, 1.165) is 77.9 Å². The minimum atomic E-state index is 0.586. The minimum absolute atomic E-state index is 0.586. The molecule has 0 atom stereocenters. The van der Waals surface area contributed by atoms with E-state index in [-0.39, 0.29) is 0 Å². The highest BCUT2D eigenvalue weighted by atomic mass is 15.0. The number of hydrogen-bond donors (Lipinski definition) is 0. The first kappa shape index (κ1) is 29.7. The van der Waals surface area contributed by atoms with Crippen molar-refractivity contribution in [2.24, 2.45) is 0 Å². The molecule has 52 heavy (non-hydrogen) atoms. The van der Waals surface area contributed by atoms with Gasteiger partial charge < -0.3 is 9.13 Å². The van der Waals surface area contributed by atoms with Crippen LogP contribution in [-0.2, 0) is 0 Å². The van der Waals surface area contributed by atoms with E-state index in [2.05, 4.69) is 154 Å². The van der Waals surface area contributed by atoms with Crippen LogP contribution >= 0.6 is 0 Å². The number of benzene rings is 7. The summed E-state index contributed by atoms with van der Waals surface area (Å²) in [4.78, 5) is 9.27. The molecule has 3 heterocycles. The van der Waals surface area contributed by atoms with E-state index in [0.29, 0.717) is 5.69 Å². The summed E-state index contributed by atoms with van der Waals surface area (Å²) in [6.45, 7) is 8.52. The maximum atomic E-state index is 8.52. The zero-order valence-electron chi connectivity index (χ0n) is 28.1. The number of fused-ring (bicyclic) bond motifs is 7. The second-order valence-electron chi connectivity index (χ2n) is 13.1. The predicted octanol–water partition coefficient (Wildman–Crippen LogP) is 12.8. The van der Waals surface area contributed by atoms with Crippen molar-refractivity contribution in [1.82, 2.24) is 14.1 Å². The Balaban J connectivity index is 1.24. The Bertz CT molecular complexity index is 2940. The van der Waals surface area contributed by atoms with Gasteiger partial charge in [-0.25, -0.2) is 9.83 Å². The highest BCUT2D eigenvalue weighted by Gasteiger charge is 2.22. The Morgan fingerprint density at radius 3 is 1.65 bits per heavy atom. The molecule has 0 unspecified atom stereocenters. The second-order valence-corrected chi connectivity index (χ2v) is 13.1. The third-order valence-corrected chi connectivity index (χ3v) is 10.1. The van der Waals surface area contributed by atoms with Crippen LogP contribution in [0.25, 0.3) is 93.5 Å². The average Bonchev–Trinajstić information content (AvgIpc) is 3.74. The largest absolute Gasteiger partial charge is 0.318 e. The van der Waals surface area contributed by atoms with E-state index in [1.54, 1.807) is 0 Å². The van der Waals surface area contributed by atoms with Gasteiger partial charge in [-0.3, -0.25) is 0 Å². The maximum absolute atomic E-state index is 8.52. The van der Waals surface area contributed by atoms with E-state index in [1.807, 2.05) is 42.5 Å². The first-order valence-electron chi connectivity index (χ1n) is 17.4. The molecule has 242 valence electrons. The van der Waals surface area contributed by atoms with E-state index >= 15 is 0 Å². The number of aromatic nitrogens is 3. The van der Waals surface area contributed by atoms with Crippen LogP contribution in [0, 0.1) is 6.57 Å². The molecule has 7 aromatic carbocycles. The molecule has 10 aromatic rings. The molecule has 0 bridgehead atoms. The van der Waals surface area contributed by atoms with Gasteiger partial charge in [0.15, 0.2) is 0 Å². The van der Waals surface area contributed by atoms with Gasteiger partial charge in [0, 0.05) is 38.4 Å². The monoisotopic (exact) mass is 662 g/mol. The topological polar surface area (TPSA) is 27.1 Å². The van der Waals surface area contributed by atoms with Crippen LogP contribution in [0.2, 0.25) is 0 Å². The summed E-state index contributed by atoms with van der Waals surface area (Å²) in [5.41, 5.74) is 12.9. The van der Waals surface area contributed by atoms with Gasteiger partial charge in [0.25, 0.3) is 0 Å². The summed E-state index contributed by atoms with van der Waals surface area (Å²) in [6, 6.07) is 63.3. The van der Waals surface area contributed by atoms with Crippen LogP contribution in [0.1, 0.15) is 0 Å². The highest BCUT2D eigenvalue weighted by molar-refractivity contribution is 6.26. The van der Waals surface area contributed by atoms with Gasteiger partial charge in [-0.15, -0.1) is 0 Å². The van der Waals surface area contributed by atoms with Gasteiger partial charge in [-0.2, -0.15) is 0 Å². The Morgan fingerprint density at radius 1 is 0.423 bits per heavy atom. The van der Waals surface area contributed by atoms with Crippen molar-refractivity contribution in [2.75, 3.05) is 0 Å². The molecular formula is C48H30N4. The molecule has 0 N–H and O–H groups in total. The van der Waals surface area contributed by atoms with Crippen LogP contribution < -0.4 is 0 Å². The average molecular weight is 663 g/mol. The lowest BCUT2D eigenvalue weighted by atomic mass is 9.99. The fourth-order valence-electron chi connectivity index (χ4n) is 7.81. The molecule has 0 fully saturated rings. The van der Waals surface area contributed by atoms with Gasteiger partial charge in [0.1, 0.15) is 0 Å². The third kappa shape index (κ3) is 4.65. The zero-order valence-corrected chi connectivity index (χ0v) is 28.1. The molecule has 0 aliphatic carbocycles. The van der Waals surface area contributed by atoms with Crippen LogP contribution in [0.5, 0.6) is 0 Å². The van der Waals surface area contributed by atoms with E-state index < -0.39 is 0 Å². The molecule has 0 spiro atoms. The molecule has 4 heteroatoms. The number of hydrogen-bond acceptors (Lipinski definition) is 1. The van der Waals surface area contributed by atoms with Crippen LogP contribution in [0.3, 0.4) is 0 Å². The van der Waals surface area contributed by atoms with Crippen molar-refractivity contribution >= 4 is 49.3 Å².